The fourth-order valence-corrected chi connectivity index (χ4v) is 3.17. The van der Waals surface area contributed by atoms with Crippen LogP contribution in [0.4, 0.5) is 0 Å². The van der Waals surface area contributed by atoms with E-state index in [0.717, 1.165) is 16.7 Å². The van der Waals surface area contributed by atoms with E-state index >= 15 is 0 Å². The summed E-state index contributed by atoms with van der Waals surface area (Å²) in [5.74, 6) is -3.01. The number of aliphatic carboxylic acids is 1. The van der Waals surface area contributed by atoms with Crippen LogP contribution in [-0.2, 0) is 11.2 Å². The number of rotatable bonds is 9. The Bertz CT molecular complexity index is 1040. The Balaban J connectivity index is 1.76. The molecule has 3 aromatic rings. The van der Waals surface area contributed by atoms with Gasteiger partial charge in [0.25, 0.3) is 5.91 Å². The summed E-state index contributed by atoms with van der Waals surface area (Å²) in [5, 5.41) is 27.0. The van der Waals surface area contributed by atoms with Gasteiger partial charge in [-0.05, 0) is 29.5 Å². The Morgan fingerprint density at radius 2 is 1.70 bits per heavy atom. The third-order valence-corrected chi connectivity index (χ3v) is 4.73. The van der Waals surface area contributed by atoms with Gasteiger partial charge < -0.3 is 15.5 Å². The van der Waals surface area contributed by atoms with Crippen LogP contribution in [0, 0.1) is 5.92 Å². The number of carboxylic acid groups (broad SMARTS) is 1. The van der Waals surface area contributed by atoms with Crippen molar-refractivity contribution in [1.29, 1.82) is 0 Å². The molecule has 0 radical (unpaired) electrons. The molecule has 1 amide bonds. The largest absolute Gasteiger partial charge is 0.481 e. The van der Waals surface area contributed by atoms with Crippen molar-refractivity contribution in [2.45, 2.75) is 18.9 Å². The lowest BCUT2D eigenvalue weighted by molar-refractivity contribution is -0.143. The lowest BCUT2D eigenvalue weighted by Crippen LogP contribution is -2.40. The molecule has 1 heterocycles. The van der Waals surface area contributed by atoms with Crippen LogP contribution in [0.25, 0.3) is 11.1 Å². The summed E-state index contributed by atoms with van der Waals surface area (Å²) in [7, 11) is 0. The molecule has 1 aromatic heterocycles. The monoisotopic (exact) mass is 410 g/mol. The Morgan fingerprint density at radius 1 is 1.03 bits per heavy atom. The zero-order chi connectivity index (χ0) is 21.5. The molecule has 2 aromatic carbocycles. The lowest BCUT2D eigenvalue weighted by Gasteiger charge is -2.21. The maximum absolute atomic E-state index is 12.4. The first kappa shape index (κ1) is 21.0. The number of aromatic amines is 2. The normalized spacial score (nSPS) is 12.8. The SMILES string of the molecule is O=C(NC(Cc1ccc(-c2ccccc2)cc1)CC(CO)C(=O)O)c1n[nH]c(=O)[nH]1. The van der Waals surface area contributed by atoms with E-state index in [2.05, 4.69) is 20.5 Å². The van der Waals surface area contributed by atoms with Gasteiger partial charge in [0, 0.05) is 6.04 Å². The van der Waals surface area contributed by atoms with E-state index < -0.39 is 36.1 Å². The molecule has 9 nitrogen and oxygen atoms in total. The molecule has 3 rings (SSSR count). The average molecular weight is 410 g/mol. The van der Waals surface area contributed by atoms with Crippen molar-refractivity contribution in [3.8, 4) is 11.1 Å². The van der Waals surface area contributed by atoms with Crippen LogP contribution >= 0.6 is 0 Å². The molecular formula is C21H22N4O5. The van der Waals surface area contributed by atoms with E-state index in [9.17, 15) is 24.6 Å². The highest BCUT2D eigenvalue weighted by atomic mass is 16.4. The molecule has 2 unspecified atom stereocenters. The van der Waals surface area contributed by atoms with E-state index in [1.807, 2.05) is 54.6 Å². The van der Waals surface area contributed by atoms with Gasteiger partial charge in [-0.1, -0.05) is 54.6 Å². The third-order valence-electron chi connectivity index (χ3n) is 4.73. The first-order valence-corrected chi connectivity index (χ1v) is 9.40. The molecule has 9 heteroatoms. The average Bonchev–Trinajstić information content (AvgIpc) is 3.19. The van der Waals surface area contributed by atoms with Crippen LogP contribution in [0.3, 0.4) is 0 Å². The summed E-state index contributed by atoms with van der Waals surface area (Å²) in [6.07, 6.45) is 0.367. The van der Waals surface area contributed by atoms with E-state index in [-0.39, 0.29) is 12.2 Å². The molecular weight excluding hydrogens is 388 g/mol. The number of aliphatic hydroxyl groups excluding tert-OH is 1. The topological polar surface area (TPSA) is 148 Å². The number of carbonyl (C=O) groups is 2. The number of hydrogen-bond donors (Lipinski definition) is 5. The number of hydrogen-bond acceptors (Lipinski definition) is 5. The second kappa shape index (κ2) is 9.66. The Labute approximate surface area is 171 Å². The van der Waals surface area contributed by atoms with Crippen LogP contribution in [-0.4, -0.2) is 49.9 Å². The van der Waals surface area contributed by atoms with Crippen molar-refractivity contribution >= 4 is 11.9 Å². The number of aromatic nitrogens is 3. The molecule has 0 aliphatic heterocycles. The van der Waals surface area contributed by atoms with Crippen molar-refractivity contribution < 1.29 is 19.8 Å². The number of carboxylic acids is 1. The maximum Gasteiger partial charge on any atom is 0.341 e. The van der Waals surface area contributed by atoms with Crippen LogP contribution in [0.2, 0.25) is 0 Å². The molecule has 5 N–H and O–H groups in total. The molecule has 0 saturated heterocycles. The summed E-state index contributed by atoms with van der Waals surface area (Å²) < 4.78 is 0. The molecule has 0 bridgehead atoms. The highest BCUT2D eigenvalue weighted by Gasteiger charge is 2.24. The Morgan fingerprint density at radius 3 is 2.27 bits per heavy atom. The number of amides is 1. The van der Waals surface area contributed by atoms with Gasteiger partial charge in [-0.3, -0.25) is 14.6 Å². The van der Waals surface area contributed by atoms with Gasteiger partial charge in [-0.25, -0.2) is 9.89 Å². The molecule has 0 saturated carbocycles. The first-order valence-electron chi connectivity index (χ1n) is 9.40. The van der Waals surface area contributed by atoms with Gasteiger partial charge >= 0.3 is 11.7 Å². The summed E-state index contributed by atoms with van der Waals surface area (Å²) in [4.78, 5) is 37.1. The number of carbonyl (C=O) groups excluding carboxylic acids is 1. The maximum atomic E-state index is 12.4. The smallest absolute Gasteiger partial charge is 0.341 e. The minimum Gasteiger partial charge on any atom is -0.481 e. The second-order valence-electron chi connectivity index (χ2n) is 6.92. The highest BCUT2D eigenvalue weighted by Crippen LogP contribution is 2.20. The quantitative estimate of drug-likeness (QED) is 0.358. The van der Waals surface area contributed by atoms with Crippen LogP contribution in [0.1, 0.15) is 22.6 Å². The minimum atomic E-state index is -1.15. The molecule has 156 valence electrons. The van der Waals surface area contributed by atoms with Crippen molar-refractivity contribution in [3.63, 3.8) is 0 Å². The Kier molecular flexibility index (Phi) is 6.76. The van der Waals surface area contributed by atoms with Gasteiger partial charge in [0.15, 0.2) is 0 Å². The molecule has 0 aliphatic rings. The number of benzene rings is 2. The van der Waals surface area contributed by atoms with Gasteiger partial charge in [0.05, 0.1) is 12.5 Å². The zero-order valence-electron chi connectivity index (χ0n) is 16.0. The van der Waals surface area contributed by atoms with Crippen molar-refractivity contribution in [1.82, 2.24) is 20.5 Å². The molecule has 2 atom stereocenters. The summed E-state index contributed by atoms with van der Waals surface area (Å²) in [6.45, 7) is -0.548. The lowest BCUT2D eigenvalue weighted by atomic mass is 9.94. The second-order valence-corrected chi connectivity index (χ2v) is 6.92. The summed E-state index contributed by atoms with van der Waals surface area (Å²) in [5.41, 5.74) is 2.37. The van der Waals surface area contributed by atoms with Gasteiger partial charge in [0.2, 0.25) is 5.82 Å². The fraction of sp³-hybridized carbons (Fsp3) is 0.238. The van der Waals surface area contributed by atoms with Gasteiger partial charge in [0.1, 0.15) is 0 Å². The standard InChI is InChI=1S/C21H22N4O5/c26-12-16(20(28)29)11-17(22-19(27)18-23-21(30)25-24-18)10-13-6-8-15(9-7-13)14-4-2-1-3-5-14/h1-9,16-17,26H,10-12H2,(H,22,27)(H,28,29)(H2,23,24,25,30). The van der Waals surface area contributed by atoms with Crippen molar-refractivity contribution in [2.24, 2.45) is 5.92 Å². The minimum absolute atomic E-state index is 0.0205. The predicted molar refractivity (Wildman–Crippen MR) is 109 cm³/mol. The van der Waals surface area contributed by atoms with E-state index in [4.69, 9.17) is 0 Å². The summed E-state index contributed by atoms with van der Waals surface area (Å²) in [6, 6.07) is 17.0. The van der Waals surface area contributed by atoms with Gasteiger partial charge in [-0.2, -0.15) is 0 Å². The van der Waals surface area contributed by atoms with Crippen LogP contribution in [0.15, 0.2) is 59.4 Å². The Hall–Kier alpha value is -3.72. The molecule has 0 fully saturated rings. The van der Waals surface area contributed by atoms with Crippen LogP contribution < -0.4 is 11.0 Å². The van der Waals surface area contributed by atoms with E-state index in [1.165, 1.54) is 0 Å². The van der Waals surface area contributed by atoms with Gasteiger partial charge in [-0.15, -0.1) is 5.10 Å². The molecule has 0 aliphatic carbocycles. The number of H-pyrrole nitrogens is 2. The van der Waals surface area contributed by atoms with Crippen molar-refractivity contribution in [2.75, 3.05) is 6.61 Å². The molecule has 30 heavy (non-hydrogen) atoms. The molecule has 0 spiro atoms. The van der Waals surface area contributed by atoms with E-state index in [1.54, 1.807) is 0 Å². The zero-order valence-corrected chi connectivity index (χ0v) is 16.0. The first-order chi connectivity index (χ1) is 14.5. The van der Waals surface area contributed by atoms with Crippen molar-refractivity contribution in [3.05, 3.63) is 76.5 Å². The number of nitrogens with zero attached hydrogens (tertiary/aromatic N) is 1. The summed E-state index contributed by atoms with van der Waals surface area (Å²) >= 11 is 0. The number of aliphatic hydroxyl groups is 1. The predicted octanol–water partition coefficient (Wildman–Crippen LogP) is 1.19. The van der Waals surface area contributed by atoms with E-state index in [0.29, 0.717) is 6.42 Å². The fourth-order valence-electron chi connectivity index (χ4n) is 3.17. The third kappa shape index (κ3) is 5.42. The van der Waals surface area contributed by atoms with Crippen LogP contribution in [0.5, 0.6) is 0 Å². The highest BCUT2D eigenvalue weighted by molar-refractivity contribution is 5.90. The number of nitrogens with one attached hydrogen (secondary N) is 3.